The first-order chi connectivity index (χ1) is 11.4. The molecule has 0 aliphatic carbocycles. The highest BCUT2D eigenvalue weighted by Crippen LogP contribution is 2.22. The third-order valence-corrected chi connectivity index (χ3v) is 5.75. The lowest BCUT2D eigenvalue weighted by Gasteiger charge is -2.50. The minimum atomic E-state index is -0.933. The Kier molecular flexibility index (Phi) is 4.21. The minimum absolute atomic E-state index is 0.571. The van der Waals surface area contributed by atoms with Crippen molar-refractivity contribution in [1.29, 1.82) is 0 Å². The molecule has 2 fully saturated rings. The van der Waals surface area contributed by atoms with Crippen LogP contribution in [0, 0.1) is 0 Å². The van der Waals surface area contributed by atoms with Gasteiger partial charge in [0.05, 0.1) is 0 Å². The maximum Gasteiger partial charge on any atom is 0.131 e. The van der Waals surface area contributed by atoms with Crippen molar-refractivity contribution >= 4 is 17.2 Å². The van der Waals surface area contributed by atoms with Crippen LogP contribution in [0.4, 0.5) is 0 Å². The lowest BCUT2D eigenvalue weighted by molar-refractivity contribution is 0.216. The van der Waals surface area contributed by atoms with E-state index in [0.29, 0.717) is 5.94 Å². The lowest BCUT2D eigenvalue weighted by Crippen LogP contribution is -2.75. The summed E-state index contributed by atoms with van der Waals surface area (Å²) in [5.74, 6) is 0.571. The fraction of sp³-hybridized carbons (Fsp3) is 0.368. The molecule has 2 N–H and O–H groups in total. The summed E-state index contributed by atoms with van der Waals surface area (Å²) < 4.78 is 0. The van der Waals surface area contributed by atoms with Gasteiger partial charge in [0.15, 0.2) is 0 Å². The van der Waals surface area contributed by atoms with Gasteiger partial charge in [-0.05, 0) is 6.54 Å². The summed E-state index contributed by atoms with van der Waals surface area (Å²) in [6.07, 6.45) is 0.293. The molecule has 23 heavy (non-hydrogen) atoms. The Bertz CT molecular complexity index is 586. The number of nitrogens with one attached hydrogen (secondary N) is 2. The highest BCUT2D eigenvalue weighted by molar-refractivity contribution is 7.02. The van der Waals surface area contributed by atoms with Crippen molar-refractivity contribution in [3.63, 3.8) is 0 Å². The van der Waals surface area contributed by atoms with E-state index >= 15 is 0 Å². The molecule has 120 valence electrons. The minimum Gasteiger partial charge on any atom is -0.480 e. The van der Waals surface area contributed by atoms with Gasteiger partial charge in [0.25, 0.3) is 0 Å². The van der Waals surface area contributed by atoms with Crippen molar-refractivity contribution in [2.24, 2.45) is 0 Å². The zero-order valence-electron chi connectivity index (χ0n) is 13.6. The summed E-state index contributed by atoms with van der Waals surface area (Å²) in [7, 11) is 0. The van der Waals surface area contributed by atoms with Gasteiger partial charge in [-0.15, -0.1) is 0 Å². The largest absolute Gasteiger partial charge is 0.480 e. The second-order valence-electron chi connectivity index (χ2n) is 6.85. The quantitative estimate of drug-likeness (QED) is 0.811. The van der Waals surface area contributed by atoms with Gasteiger partial charge in [-0.2, -0.15) is 10.9 Å². The summed E-state index contributed by atoms with van der Waals surface area (Å²) in [5.41, 5.74) is 2.89. The van der Waals surface area contributed by atoms with Crippen molar-refractivity contribution in [2.45, 2.75) is 12.4 Å². The molecule has 2 heterocycles. The van der Waals surface area contributed by atoms with Crippen LogP contribution in [0.2, 0.25) is 0 Å². The first kappa shape index (κ1) is 14.9. The molecule has 0 saturated carbocycles. The van der Waals surface area contributed by atoms with Crippen LogP contribution in [0.1, 0.15) is 6.42 Å². The molecule has 2 aliphatic rings. The monoisotopic (exact) mass is 306 g/mol. The number of piperazine rings is 1. The Morgan fingerprint density at radius 1 is 0.783 bits per heavy atom. The van der Waals surface area contributed by atoms with Crippen LogP contribution < -0.4 is 21.5 Å². The van der Waals surface area contributed by atoms with Crippen LogP contribution >= 0.6 is 0 Å². The van der Waals surface area contributed by atoms with Crippen LogP contribution in [0.25, 0.3) is 0 Å². The van der Waals surface area contributed by atoms with Crippen LogP contribution in [-0.2, 0) is 0 Å². The molecule has 2 aromatic rings. The van der Waals surface area contributed by atoms with Gasteiger partial charge in [0.2, 0.25) is 0 Å². The second-order valence-corrected chi connectivity index (χ2v) is 6.85. The zero-order chi connectivity index (χ0) is 15.5. The van der Waals surface area contributed by atoms with Gasteiger partial charge in [-0.1, -0.05) is 73.0 Å². The molecule has 2 aromatic carbocycles. The van der Waals surface area contributed by atoms with Gasteiger partial charge < -0.3 is 15.4 Å². The van der Waals surface area contributed by atoms with E-state index in [9.17, 15) is 0 Å². The molecule has 1 unspecified atom stereocenters. The fourth-order valence-electron chi connectivity index (χ4n) is 4.74. The van der Waals surface area contributed by atoms with Crippen molar-refractivity contribution in [1.82, 2.24) is 15.4 Å². The molecule has 0 spiro atoms. The van der Waals surface area contributed by atoms with E-state index in [-0.39, 0.29) is 0 Å². The van der Waals surface area contributed by atoms with Gasteiger partial charge in [-0.25, -0.2) is 0 Å². The van der Waals surface area contributed by atoms with E-state index in [1.165, 1.54) is 17.3 Å². The summed E-state index contributed by atoms with van der Waals surface area (Å²) >= 11 is 0. The van der Waals surface area contributed by atoms with E-state index in [0.717, 1.165) is 32.7 Å². The Morgan fingerprint density at radius 3 is 1.91 bits per heavy atom. The maximum absolute atomic E-state index is 3.95. The normalized spacial score (nSPS) is 24.6. The number of benzene rings is 2. The van der Waals surface area contributed by atoms with E-state index in [2.05, 4.69) is 76.1 Å². The van der Waals surface area contributed by atoms with Crippen LogP contribution in [-0.4, -0.2) is 49.8 Å². The number of rotatable bonds is 3. The van der Waals surface area contributed by atoms with E-state index < -0.39 is 6.28 Å². The number of hydrogen-bond acceptors (Lipinski definition) is 3. The van der Waals surface area contributed by atoms with Crippen molar-refractivity contribution < 1.29 is 0 Å². The summed E-state index contributed by atoms with van der Waals surface area (Å²) in [6, 6.07) is 22.2. The van der Waals surface area contributed by atoms with E-state index in [1.807, 2.05) is 0 Å². The fourth-order valence-corrected chi connectivity index (χ4v) is 4.74. The molecule has 1 atom stereocenters. The van der Waals surface area contributed by atoms with E-state index in [4.69, 9.17) is 0 Å². The SMILES string of the molecule is c1ccc([B-]2(c3ccccc3)NCCC2N2CCNCC2)cc1. The third kappa shape index (κ3) is 2.61. The summed E-state index contributed by atoms with van der Waals surface area (Å²) in [4.78, 5) is 2.70. The molecular formula is C19H25BN3-. The average Bonchev–Trinajstić information content (AvgIpc) is 3.10. The molecule has 0 bridgehead atoms. The van der Waals surface area contributed by atoms with Gasteiger partial charge >= 0.3 is 0 Å². The Morgan fingerprint density at radius 2 is 1.35 bits per heavy atom. The number of nitrogens with zero attached hydrogens (tertiary/aromatic N) is 1. The summed E-state index contributed by atoms with van der Waals surface area (Å²) in [6.45, 7) is 5.60. The predicted octanol–water partition coefficient (Wildman–Crippen LogP) is 0.553. The first-order valence-electron chi connectivity index (χ1n) is 8.88. The molecule has 4 heteroatoms. The smallest absolute Gasteiger partial charge is 0.131 e. The Hall–Kier alpha value is -1.62. The van der Waals surface area contributed by atoms with Gasteiger partial charge in [0.1, 0.15) is 6.28 Å². The lowest BCUT2D eigenvalue weighted by atomic mass is 9.24. The number of hydrogen-bond donors (Lipinski definition) is 2. The Labute approximate surface area is 139 Å². The molecule has 2 aliphatic heterocycles. The van der Waals surface area contributed by atoms with Gasteiger partial charge in [0, 0.05) is 26.2 Å². The maximum atomic E-state index is 3.95. The second kappa shape index (κ2) is 6.48. The van der Waals surface area contributed by atoms with Crippen LogP contribution in [0.3, 0.4) is 0 Å². The molecule has 0 amide bonds. The highest BCUT2D eigenvalue weighted by atomic mass is 15.2. The zero-order valence-corrected chi connectivity index (χ0v) is 13.6. The Balaban J connectivity index is 1.81. The van der Waals surface area contributed by atoms with Crippen LogP contribution in [0.5, 0.6) is 0 Å². The summed E-state index contributed by atoms with van der Waals surface area (Å²) in [5, 5.41) is 7.44. The van der Waals surface area contributed by atoms with Gasteiger partial charge in [-0.3, -0.25) is 0 Å². The topological polar surface area (TPSA) is 27.3 Å². The van der Waals surface area contributed by atoms with Crippen molar-refractivity contribution in [2.75, 3.05) is 32.7 Å². The molecule has 0 radical (unpaired) electrons. The molecule has 4 rings (SSSR count). The molecular weight excluding hydrogens is 281 g/mol. The molecule has 2 saturated heterocycles. The highest BCUT2D eigenvalue weighted by Gasteiger charge is 2.42. The van der Waals surface area contributed by atoms with Crippen LogP contribution in [0.15, 0.2) is 60.7 Å². The molecule has 0 aromatic heterocycles. The standard InChI is InChI=1S/C19H25BN3/c1-3-7-17(8-4-1)20(18-9-5-2-6-10-18)19(11-12-22-20)23-15-13-21-14-16-23/h1-10,19,21-22H,11-16H2/q-1. The molecule has 3 nitrogen and oxygen atoms in total. The predicted molar refractivity (Wildman–Crippen MR) is 98.8 cm³/mol. The van der Waals surface area contributed by atoms with Crippen molar-refractivity contribution in [3.05, 3.63) is 60.7 Å². The van der Waals surface area contributed by atoms with E-state index in [1.54, 1.807) is 0 Å². The average molecular weight is 306 g/mol. The third-order valence-electron chi connectivity index (χ3n) is 5.75. The van der Waals surface area contributed by atoms with Crippen molar-refractivity contribution in [3.8, 4) is 0 Å². The first-order valence-corrected chi connectivity index (χ1v) is 8.88.